The van der Waals surface area contributed by atoms with Crippen molar-refractivity contribution in [3.63, 3.8) is 0 Å². The molecule has 2 N–H and O–H groups in total. The van der Waals surface area contributed by atoms with E-state index in [4.69, 9.17) is 0 Å². The molecule has 0 spiro atoms. The van der Waals surface area contributed by atoms with Crippen LogP contribution >= 0.6 is 0 Å². The first-order chi connectivity index (χ1) is 9.70. The molecule has 0 atom stereocenters. The van der Waals surface area contributed by atoms with Gasteiger partial charge in [-0.15, -0.1) is 0 Å². The van der Waals surface area contributed by atoms with E-state index in [9.17, 15) is 4.79 Å². The van der Waals surface area contributed by atoms with E-state index >= 15 is 0 Å². The number of rotatable bonds is 3. The number of amides is 1. The van der Waals surface area contributed by atoms with Gasteiger partial charge in [0.2, 0.25) is 5.91 Å². The number of fused-ring (bicyclic) bond motifs is 1. The predicted octanol–water partition coefficient (Wildman–Crippen LogP) is 2.28. The highest BCUT2D eigenvalue weighted by molar-refractivity contribution is 5.94. The van der Waals surface area contributed by atoms with Crippen LogP contribution in [0.3, 0.4) is 0 Å². The van der Waals surface area contributed by atoms with Crippen molar-refractivity contribution in [1.82, 2.24) is 9.97 Å². The number of nitrogens with one attached hydrogen (secondary N) is 2. The number of nitrogens with zero attached hydrogens (tertiary/aromatic N) is 2. The van der Waals surface area contributed by atoms with E-state index in [0.29, 0.717) is 13.0 Å². The molecule has 0 saturated heterocycles. The summed E-state index contributed by atoms with van der Waals surface area (Å²) in [5.41, 5.74) is 4.10. The van der Waals surface area contributed by atoms with Crippen molar-refractivity contribution < 1.29 is 4.79 Å². The topological polar surface area (TPSA) is 66.9 Å². The van der Waals surface area contributed by atoms with Gasteiger partial charge < -0.3 is 10.6 Å². The predicted molar refractivity (Wildman–Crippen MR) is 77.5 cm³/mol. The average molecular weight is 268 g/mol. The van der Waals surface area contributed by atoms with Gasteiger partial charge in [-0.25, -0.2) is 9.97 Å². The second-order valence-electron chi connectivity index (χ2n) is 4.87. The number of aromatic nitrogens is 2. The Morgan fingerprint density at radius 2 is 2.20 bits per heavy atom. The van der Waals surface area contributed by atoms with Gasteiger partial charge in [0.25, 0.3) is 0 Å². The summed E-state index contributed by atoms with van der Waals surface area (Å²) >= 11 is 0. The lowest BCUT2D eigenvalue weighted by molar-refractivity contribution is -0.116. The molecule has 3 rings (SSSR count). The Bertz CT molecular complexity index is 654. The van der Waals surface area contributed by atoms with Crippen LogP contribution in [0.2, 0.25) is 0 Å². The summed E-state index contributed by atoms with van der Waals surface area (Å²) in [6, 6.07) is 7.90. The molecule has 0 unspecified atom stereocenters. The summed E-state index contributed by atoms with van der Waals surface area (Å²) in [5.74, 6) is 0.868. The van der Waals surface area contributed by atoms with E-state index in [-0.39, 0.29) is 5.91 Å². The molecule has 1 aromatic carbocycles. The molecular formula is C15H16N4O. The van der Waals surface area contributed by atoms with Gasteiger partial charge in [0.15, 0.2) is 0 Å². The van der Waals surface area contributed by atoms with Gasteiger partial charge in [0, 0.05) is 24.0 Å². The van der Waals surface area contributed by atoms with E-state index in [0.717, 1.165) is 29.3 Å². The SMILES string of the molecule is Cc1nccc(CNc2ccc3c(c2)CCC(=O)N3)n1. The molecule has 0 radical (unpaired) electrons. The first kappa shape index (κ1) is 12.6. The van der Waals surface area contributed by atoms with E-state index in [1.54, 1.807) is 6.20 Å². The monoisotopic (exact) mass is 268 g/mol. The summed E-state index contributed by atoms with van der Waals surface area (Å²) in [4.78, 5) is 19.7. The Labute approximate surface area is 117 Å². The van der Waals surface area contributed by atoms with E-state index in [1.807, 2.05) is 25.1 Å². The summed E-state index contributed by atoms with van der Waals surface area (Å²) in [6.07, 6.45) is 3.12. The molecule has 20 heavy (non-hydrogen) atoms. The van der Waals surface area contributed by atoms with Crippen LogP contribution in [0.25, 0.3) is 0 Å². The number of hydrogen-bond acceptors (Lipinski definition) is 4. The molecule has 102 valence electrons. The first-order valence-corrected chi connectivity index (χ1v) is 6.66. The molecule has 0 saturated carbocycles. The lowest BCUT2D eigenvalue weighted by Gasteiger charge is -2.18. The summed E-state index contributed by atoms with van der Waals surface area (Å²) in [6.45, 7) is 2.54. The van der Waals surface area contributed by atoms with Crippen molar-refractivity contribution >= 4 is 17.3 Å². The molecule has 0 bridgehead atoms. The van der Waals surface area contributed by atoms with Gasteiger partial charge in [-0.1, -0.05) is 0 Å². The second kappa shape index (κ2) is 5.28. The molecule has 5 nitrogen and oxygen atoms in total. The molecule has 1 amide bonds. The van der Waals surface area contributed by atoms with E-state index in [2.05, 4.69) is 26.7 Å². The Morgan fingerprint density at radius 1 is 1.30 bits per heavy atom. The minimum absolute atomic E-state index is 0.0923. The Balaban J connectivity index is 1.71. The van der Waals surface area contributed by atoms with Crippen LogP contribution in [-0.4, -0.2) is 15.9 Å². The van der Waals surface area contributed by atoms with E-state index < -0.39 is 0 Å². The maximum atomic E-state index is 11.3. The molecule has 0 fully saturated rings. The third kappa shape index (κ3) is 2.77. The van der Waals surface area contributed by atoms with Crippen molar-refractivity contribution in [1.29, 1.82) is 0 Å². The van der Waals surface area contributed by atoms with Gasteiger partial charge in [0.05, 0.1) is 12.2 Å². The van der Waals surface area contributed by atoms with Crippen molar-refractivity contribution in [2.75, 3.05) is 10.6 Å². The zero-order valence-electron chi connectivity index (χ0n) is 11.3. The zero-order chi connectivity index (χ0) is 13.9. The maximum absolute atomic E-state index is 11.3. The van der Waals surface area contributed by atoms with Crippen LogP contribution in [0.1, 0.15) is 23.5 Å². The van der Waals surface area contributed by atoms with E-state index in [1.165, 1.54) is 5.56 Å². The lowest BCUT2D eigenvalue weighted by atomic mass is 10.0. The van der Waals surface area contributed by atoms with Gasteiger partial charge in [0.1, 0.15) is 5.82 Å². The third-order valence-corrected chi connectivity index (χ3v) is 3.31. The molecule has 2 aromatic rings. The fourth-order valence-corrected chi connectivity index (χ4v) is 2.29. The highest BCUT2D eigenvalue weighted by Crippen LogP contribution is 2.25. The fourth-order valence-electron chi connectivity index (χ4n) is 2.29. The van der Waals surface area contributed by atoms with Gasteiger partial charge in [-0.3, -0.25) is 4.79 Å². The Hall–Kier alpha value is -2.43. The minimum Gasteiger partial charge on any atom is -0.379 e. The number of anilines is 2. The fraction of sp³-hybridized carbons (Fsp3) is 0.267. The number of aryl methyl sites for hydroxylation is 2. The van der Waals surface area contributed by atoms with Crippen LogP contribution in [0.5, 0.6) is 0 Å². The summed E-state index contributed by atoms with van der Waals surface area (Å²) in [5, 5.41) is 6.23. The standard InChI is InChI=1S/C15H16N4O/c1-10-16-7-6-13(18-10)9-17-12-3-4-14-11(8-12)2-5-15(20)19-14/h3-4,6-8,17H,2,5,9H2,1H3,(H,19,20). The molecule has 1 aliphatic rings. The number of hydrogen-bond donors (Lipinski definition) is 2. The highest BCUT2D eigenvalue weighted by atomic mass is 16.1. The van der Waals surface area contributed by atoms with Crippen molar-refractivity contribution in [3.8, 4) is 0 Å². The third-order valence-electron chi connectivity index (χ3n) is 3.31. The lowest BCUT2D eigenvalue weighted by Crippen LogP contribution is -2.19. The molecule has 1 aromatic heterocycles. The number of benzene rings is 1. The normalized spacial score (nSPS) is 13.6. The van der Waals surface area contributed by atoms with Crippen LogP contribution < -0.4 is 10.6 Å². The average Bonchev–Trinajstić information content (AvgIpc) is 2.45. The summed E-state index contributed by atoms with van der Waals surface area (Å²) < 4.78 is 0. The zero-order valence-corrected chi connectivity index (χ0v) is 11.3. The van der Waals surface area contributed by atoms with Crippen LogP contribution in [0, 0.1) is 6.92 Å². The molecular weight excluding hydrogens is 252 g/mol. The first-order valence-electron chi connectivity index (χ1n) is 6.66. The highest BCUT2D eigenvalue weighted by Gasteiger charge is 2.14. The quantitative estimate of drug-likeness (QED) is 0.896. The van der Waals surface area contributed by atoms with Crippen LogP contribution in [0.15, 0.2) is 30.5 Å². The van der Waals surface area contributed by atoms with Gasteiger partial charge in [-0.2, -0.15) is 0 Å². The van der Waals surface area contributed by atoms with Gasteiger partial charge in [-0.05, 0) is 43.2 Å². The maximum Gasteiger partial charge on any atom is 0.224 e. The minimum atomic E-state index is 0.0923. The van der Waals surface area contributed by atoms with Crippen molar-refractivity contribution in [2.24, 2.45) is 0 Å². The van der Waals surface area contributed by atoms with Crippen LogP contribution in [-0.2, 0) is 17.8 Å². The van der Waals surface area contributed by atoms with Crippen molar-refractivity contribution in [2.45, 2.75) is 26.3 Å². The second-order valence-corrected chi connectivity index (χ2v) is 4.87. The number of carbonyl (C=O) groups excluding carboxylic acids is 1. The molecule has 5 heteroatoms. The Kier molecular flexibility index (Phi) is 3.33. The number of carbonyl (C=O) groups is 1. The summed E-state index contributed by atoms with van der Waals surface area (Å²) in [7, 11) is 0. The van der Waals surface area contributed by atoms with Crippen LogP contribution in [0.4, 0.5) is 11.4 Å². The van der Waals surface area contributed by atoms with Gasteiger partial charge >= 0.3 is 0 Å². The molecule has 2 heterocycles. The molecule has 0 aliphatic carbocycles. The van der Waals surface area contributed by atoms with Crippen molar-refractivity contribution in [3.05, 3.63) is 47.5 Å². The smallest absolute Gasteiger partial charge is 0.224 e. The Morgan fingerprint density at radius 3 is 3.05 bits per heavy atom. The molecule has 1 aliphatic heterocycles. The largest absolute Gasteiger partial charge is 0.379 e.